The van der Waals surface area contributed by atoms with Crippen LogP contribution in [0.4, 0.5) is 0 Å². The Morgan fingerprint density at radius 2 is 2.26 bits per heavy atom. The predicted molar refractivity (Wildman–Crippen MR) is 90.5 cm³/mol. The van der Waals surface area contributed by atoms with Gasteiger partial charge < -0.3 is 10.1 Å². The van der Waals surface area contributed by atoms with E-state index in [1.807, 2.05) is 19.1 Å². The van der Waals surface area contributed by atoms with E-state index in [1.54, 1.807) is 13.3 Å². The molecule has 0 unspecified atom stereocenters. The second-order valence-electron chi connectivity index (χ2n) is 6.87. The van der Waals surface area contributed by atoms with E-state index in [0.29, 0.717) is 11.9 Å². The normalized spacial score (nSPS) is 35.5. The molecule has 0 aromatic carbocycles. The zero-order chi connectivity index (χ0) is 16.0. The van der Waals surface area contributed by atoms with E-state index < -0.39 is 4.75 Å². The minimum absolute atomic E-state index is 0.110. The Morgan fingerprint density at radius 3 is 2.96 bits per heavy atom. The molecule has 23 heavy (non-hydrogen) atoms. The minimum Gasteiger partial charge on any atom is -0.481 e. The summed E-state index contributed by atoms with van der Waals surface area (Å²) in [6.45, 7) is 1.92. The fourth-order valence-corrected chi connectivity index (χ4v) is 5.20. The van der Waals surface area contributed by atoms with E-state index >= 15 is 0 Å². The number of thioether (sulfide) groups is 1. The summed E-state index contributed by atoms with van der Waals surface area (Å²) < 4.78 is 4.48. The number of pyridine rings is 1. The average molecular weight is 331 g/mol. The topological polar surface area (TPSA) is 63.6 Å². The van der Waals surface area contributed by atoms with Crippen molar-refractivity contribution in [3.05, 3.63) is 23.9 Å². The number of nitrogens with one attached hydrogen (secondary N) is 1. The monoisotopic (exact) mass is 331 g/mol. The molecule has 1 aromatic rings. The second kappa shape index (κ2) is 5.51. The van der Waals surface area contributed by atoms with Gasteiger partial charge in [0.05, 0.1) is 7.11 Å². The highest BCUT2D eigenvalue weighted by Gasteiger charge is 2.45. The number of amides is 1. The number of carbonyl (C=O) groups is 1. The molecule has 1 aromatic heterocycles. The number of fused-ring (bicyclic) bond motifs is 2. The molecular formula is C17H21N3O2S. The number of aliphatic imine (C=N–C) groups is 1. The minimum atomic E-state index is -0.698. The second-order valence-corrected chi connectivity index (χ2v) is 8.28. The van der Waals surface area contributed by atoms with Crippen LogP contribution in [0.15, 0.2) is 23.3 Å². The van der Waals surface area contributed by atoms with Crippen molar-refractivity contribution in [2.24, 2.45) is 16.8 Å². The van der Waals surface area contributed by atoms with Crippen molar-refractivity contribution in [2.75, 3.05) is 7.11 Å². The average Bonchev–Trinajstić information content (AvgIpc) is 3.24. The molecule has 4 rings (SSSR count). The van der Waals surface area contributed by atoms with Crippen LogP contribution >= 0.6 is 11.8 Å². The largest absolute Gasteiger partial charge is 0.481 e. The van der Waals surface area contributed by atoms with Gasteiger partial charge in [-0.25, -0.2) is 4.98 Å². The Kier molecular flexibility index (Phi) is 3.59. The van der Waals surface area contributed by atoms with Gasteiger partial charge in [-0.1, -0.05) is 18.2 Å². The van der Waals surface area contributed by atoms with Gasteiger partial charge in [0.25, 0.3) is 5.91 Å². The van der Waals surface area contributed by atoms with Crippen LogP contribution in [-0.2, 0) is 9.54 Å². The van der Waals surface area contributed by atoms with Crippen molar-refractivity contribution in [1.29, 1.82) is 0 Å². The van der Waals surface area contributed by atoms with Crippen LogP contribution < -0.4 is 10.1 Å². The molecule has 3 aliphatic rings. The maximum Gasteiger partial charge on any atom is 0.269 e. The van der Waals surface area contributed by atoms with Crippen LogP contribution in [-0.4, -0.2) is 29.2 Å². The summed E-state index contributed by atoms with van der Waals surface area (Å²) in [5.74, 6) is 2.04. The molecule has 122 valence electrons. The van der Waals surface area contributed by atoms with Crippen molar-refractivity contribution in [1.82, 2.24) is 10.3 Å². The molecule has 1 N–H and O–H groups in total. The summed E-state index contributed by atoms with van der Waals surface area (Å²) in [6.07, 6.45) is 6.91. The molecule has 0 saturated heterocycles. The zero-order valence-electron chi connectivity index (χ0n) is 13.4. The first kappa shape index (κ1) is 15.0. The summed E-state index contributed by atoms with van der Waals surface area (Å²) >= 11 is 1.51. The number of rotatable bonds is 3. The summed E-state index contributed by atoms with van der Waals surface area (Å²) in [5.41, 5.74) is 0.882. The van der Waals surface area contributed by atoms with Gasteiger partial charge in [0.2, 0.25) is 5.88 Å². The molecule has 1 aliphatic heterocycles. The Bertz CT molecular complexity index is 678. The summed E-state index contributed by atoms with van der Waals surface area (Å²) in [7, 11) is 1.58. The summed E-state index contributed by atoms with van der Waals surface area (Å²) in [5, 5.41) is 4.31. The lowest BCUT2D eigenvalue weighted by atomic mass is 9.96. The van der Waals surface area contributed by atoms with Crippen LogP contribution in [0.5, 0.6) is 5.88 Å². The van der Waals surface area contributed by atoms with Gasteiger partial charge in [-0.15, -0.1) is 0 Å². The Hall–Kier alpha value is -1.56. The molecule has 5 nitrogen and oxygen atoms in total. The lowest BCUT2D eigenvalue weighted by Gasteiger charge is -2.25. The highest BCUT2D eigenvalue weighted by molar-refractivity contribution is 8.15. The summed E-state index contributed by atoms with van der Waals surface area (Å²) in [4.78, 5) is 20.9. The fraction of sp³-hybridized carbons (Fsp3) is 0.588. The van der Waals surface area contributed by atoms with Crippen molar-refractivity contribution in [3.63, 3.8) is 0 Å². The molecule has 0 radical (unpaired) electrons. The van der Waals surface area contributed by atoms with E-state index in [2.05, 4.69) is 15.3 Å². The van der Waals surface area contributed by atoms with Crippen molar-refractivity contribution < 1.29 is 9.53 Å². The summed E-state index contributed by atoms with van der Waals surface area (Å²) in [6, 6.07) is 4.17. The highest BCUT2D eigenvalue weighted by atomic mass is 32.2. The number of hydrogen-bond acceptors (Lipinski definition) is 5. The third-order valence-electron chi connectivity index (χ3n) is 5.45. The van der Waals surface area contributed by atoms with Gasteiger partial charge in [0.1, 0.15) is 4.75 Å². The third kappa shape index (κ3) is 2.53. The molecule has 2 saturated carbocycles. The number of carbonyl (C=O) groups excluding carboxylic acids is 1. The fourth-order valence-electron chi connectivity index (χ4n) is 4.10. The first-order valence-corrected chi connectivity index (χ1v) is 8.99. The maximum atomic E-state index is 12.5. The third-order valence-corrected chi connectivity index (χ3v) is 6.67. The van der Waals surface area contributed by atoms with E-state index in [9.17, 15) is 4.79 Å². The van der Waals surface area contributed by atoms with E-state index in [-0.39, 0.29) is 5.91 Å². The standard InChI is InChI=1S/C17H21N3O2S/c1-17(12-5-6-18-14(9-12)22-2)15(21)20-16(23-17)19-13-8-10-3-4-11(13)7-10/h5-6,9-11,13H,3-4,7-8H2,1-2H3,(H,19,20,21)/t10-,11+,13+,17-/m1/s1. The van der Waals surface area contributed by atoms with Crippen LogP contribution in [0.2, 0.25) is 0 Å². The molecule has 1 amide bonds. The zero-order valence-corrected chi connectivity index (χ0v) is 14.2. The predicted octanol–water partition coefficient (Wildman–Crippen LogP) is 2.71. The lowest BCUT2D eigenvalue weighted by Crippen LogP contribution is -2.37. The maximum absolute atomic E-state index is 12.5. The first-order chi connectivity index (χ1) is 11.1. The quantitative estimate of drug-likeness (QED) is 0.922. The van der Waals surface area contributed by atoms with Crippen LogP contribution in [0.3, 0.4) is 0 Å². The Labute approximate surface area is 140 Å². The molecule has 2 bridgehead atoms. The molecule has 2 fully saturated rings. The van der Waals surface area contributed by atoms with Crippen LogP contribution in [0.25, 0.3) is 0 Å². The molecule has 4 atom stereocenters. The van der Waals surface area contributed by atoms with Gasteiger partial charge >= 0.3 is 0 Å². The SMILES string of the molecule is COc1cc([C@@]2(C)SC(N[C@H]3C[C@@H]4CC[C@H]3C4)=NC2=O)ccn1. The number of methoxy groups -OCH3 is 1. The van der Waals surface area contributed by atoms with Gasteiger partial charge in [-0.2, -0.15) is 4.99 Å². The van der Waals surface area contributed by atoms with Crippen molar-refractivity contribution in [2.45, 2.75) is 43.4 Å². The van der Waals surface area contributed by atoms with Crippen molar-refractivity contribution >= 4 is 22.8 Å². The Morgan fingerprint density at radius 1 is 1.39 bits per heavy atom. The lowest BCUT2D eigenvalue weighted by molar-refractivity contribution is -0.119. The first-order valence-electron chi connectivity index (χ1n) is 8.17. The molecule has 2 heterocycles. The van der Waals surface area contributed by atoms with Gasteiger partial charge in [-0.05, 0) is 49.7 Å². The van der Waals surface area contributed by atoms with Crippen LogP contribution in [0.1, 0.15) is 38.2 Å². The van der Waals surface area contributed by atoms with Crippen molar-refractivity contribution in [3.8, 4) is 5.88 Å². The number of hydrogen-bond donors (Lipinski definition) is 1. The Balaban J connectivity index is 1.51. The number of nitrogens with zero attached hydrogens (tertiary/aromatic N) is 2. The number of ether oxygens (including phenoxy) is 1. The van der Waals surface area contributed by atoms with E-state index in [0.717, 1.165) is 22.6 Å². The van der Waals surface area contributed by atoms with Crippen LogP contribution in [0, 0.1) is 11.8 Å². The molecule has 0 spiro atoms. The van der Waals surface area contributed by atoms with Gasteiger partial charge in [0, 0.05) is 18.3 Å². The number of amidine groups is 1. The van der Waals surface area contributed by atoms with E-state index in [4.69, 9.17) is 4.74 Å². The van der Waals surface area contributed by atoms with Gasteiger partial charge in [0.15, 0.2) is 5.17 Å². The van der Waals surface area contributed by atoms with E-state index in [1.165, 1.54) is 37.4 Å². The number of aromatic nitrogens is 1. The molecular weight excluding hydrogens is 310 g/mol. The molecule has 6 heteroatoms. The van der Waals surface area contributed by atoms with Gasteiger partial charge in [-0.3, -0.25) is 4.79 Å². The highest BCUT2D eigenvalue weighted by Crippen LogP contribution is 2.47. The molecule has 2 aliphatic carbocycles. The smallest absolute Gasteiger partial charge is 0.269 e.